The van der Waals surface area contributed by atoms with Gasteiger partial charge in [0, 0.05) is 30.3 Å². The van der Waals surface area contributed by atoms with Crippen LogP contribution in [0, 0.1) is 0 Å². The molecule has 0 aromatic carbocycles. The molecule has 0 aliphatic carbocycles. The van der Waals surface area contributed by atoms with Crippen LogP contribution in [0.3, 0.4) is 0 Å². The van der Waals surface area contributed by atoms with Crippen molar-refractivity contribution in [3.63, 3.8) is 0 Å². The second-order valence-corrected chi connectivity index (χ2v) is 6.71. The third-order valence-electron chi connectivity index (χ3n) is 3.35. The molecule has 2 unspecified atom stereocenters. The molecule has 1 aromatic rings. The number of hydrogen-bond donors (Lipinski definition) is 1. The number of hydrogen-bond acceptors (Lipinski definition) is 5. The van der Waals surface area contributed by atoms with Crippen molar-refractivity contribution in [2.24, 2.45) is 5.73 Å². The molecule has 0 spiro atoms. The van der Waals surface area contributed by atoms with Crippen molar-refractivity contribution >= 4 is 28.2 Å². The minimum absolute atomic E-state index is 0.498. The highest BCUT2D eigenvalue weighted by molar-refractivity contribution is 7.98. The van der Waals surface area contributed by atoms with Crippen LogP contribution in [-0.4, -0.2) is 30.1 Å². The van der Waals surface area contributed by atoms with E-state index in [0.29, 0.717) is 18.5 Å². The minimum atomic E-state index is 0.498. The Morgan fingerprint density at radius 3 is 2.61 bits per heavy atom. The molecular weight excluding hydrogens is 262 g/mol. The van der Waals surface area contributed by atoms with E-state index in [0.717, 1.165) is 17.3 Å². The van der Waals surface area contributed by atoms with Gasteiger partial charge in [0.05, 0.1) is 5.69 Å². The molecule has 5 heteroatoms. The lowest BCUT2D eigenvalue weighted by Gasteiger charge is -2.23. The maximum Gasteiger partial charge on any atom is 0.185 e. The summed E-state index contributed by atoms with van der Waals surface area (Å²) in [6, 6.07) is 0.501. The number of rotatable bonds is 7. The summed E-state index contributed by atoms with van der Waals surface area (Å²) >= 11 is 3.62. The van der Waals surface area contributed by atoms with Crippen LogP contribution in [-0.2, 0) is 6.54 Å². The molecule has 1 aromatic heterocycles. The van der Waals surface area contributed by atoms with Crippen molar-refractivity contribution in [2.45, 2.75) is 45.7 Å². The number of anilines is 1. The quantitative estimate of drug-likeness (QED) is 0.835. The summed E-state index contributed by atoms with van der Waals surface area (Å²) in [5.41, 5.74) is 7.04. The van der Waals surface area contributed by atoms with Crippen molar-refractivity contribution in [1.82, 2.24) is 4.98 Å². The largest absolute Gasteiger partial charge is 0.348 e. The van der Waals surface area contributed by atoms with Gasteiger partial charge < -0.3 is 10.6 Å². The first-order valence-corrected chi connectivity index (χ1v) is 8.67. The zero-order valence-electron chi connectivity index (χ0n) is 12.1. The van der Waals surface area contributed by atoms with Gasteiger partial charge in [-0.15, -0.1) is 11.3 Å². The number of aromatic nitrogens is 1. The average molecular weight is 287 g/mol. The second-order valence-electron chi connectivity index (χ2n) is 4.73. The molecule has 2 atom stereocenters. The molecule has 0 radical (unpaired) electrons. The molecule has 2 N–H and O–H groups in total. The first-order chi connectivity index (χ1) is 8.54. The molecule has 0 bridgehead atoms. The monoisotopic (exact) mass is 287 g/mol. The Kier molecular flexibility index (Phi) is 6.46. The summed E-state index contributed by atoms with van der Waals surface area (Å²) in [6.07, 6.45) is 3.25. The summed E-state index contributed by atoms with van der Waals surface area (Å²) < 4.78 is 0. The Labute approximate surface area is 119 Å². The second kappa shape index (κ2) is 7.36. The summed E-state index contributed by atoms with van der Waals surface area (Å²) in [6.45, 7) is 7.26. The Bertz CT molecular complexity index is 365. The number of thioether (sulfide) groups is 1. The van der Waals surface area contributed by atoms with Gasteiger partial charge in [-0.3, -0.25) is 0 Å². The molecule has 0 amide bonds. The van der Waals surface area contributed by atoms with Crippen LogP contribution in [0.2, 0.25) is 0 Å². The molecule has 3 nitrogen and oxygen atoms in total. The fraction of sp³-hybridized carbons (Fsp3) is 0.769. The van der Waals surface area contributed by atoms with E-state index in [1.165, 1.54) is 10.6 Å². The van der Waals surface area contributed by atoms with Gasteiger partial charge >= 0.3 is 0 Å². The van der Waals surface area contributed by atoms with Gasteiger partial charge in [-0.1, -0.05) is 13.8 Å². The van der Waals surface area contributed by atoms with E-state index in [1.54, 1.807) is 11.3 Å². The molecule has 18 heavy (non-hydrogen) atoms. The molecule has 1 rings (SSSR count). The minimum Gasteiger partial charge on any atom is -0.348 e. The van der Waals surface area contributed by atoms with E-state index in [9.17, 15) is 0 Å². The molecule has 0 aliphatic heterocycles. The fourth-order valence-electron chi connectivity index (χ4n) is 1.77. The predicted molar refractivity (Wildman–Crippen MR) is 85.0 cm³/mol. The highest BCUT2D eigenvalue weighted by Gasteiger charge is 2.19. The van der Waals surface area contributed by atoms with Gasteiger partial charge in [-0.25, -0.2) is 4.98 Å². The Balaban J connectivity index is 2.93. The van der Waals surface area contributed by atoms with Crippen LogP contribution >= 0.6 is 23.1 Å². The van der Waals surface area contributed by atoms with Crippen LogP contribution in [0.25, 0.3) is 0 Å². The third-order valence-corrected chi connectivity index (χ3v) is 5.35. The van der Waals surface area contributed by atoms with E-state index in [2.05, 4.69) is 39.0 Å². The third kappa shape index (κ3) is 3.62. The van der Waals surface area contributed by atoms with Crippen molar-refractivity contribution in [2.75, 3.05) is 24.0 Å². The first kappa shape index (κ1) is 15.8. The lowest BCUT2D eigenvalue weighted by molar-refractivity contribution is 0.697. The van der Waals surface area contributed by atoms with Crippen molar-refractivity contribution in [1.29, 1.82) is 0 Å². The Hall–Kier alpha value is -0.260. The summed E-state index contributed by atoms with van der Waals surface area (Å²) in [5, 5.41) is 1.10. The molecule has 0 saturated carbocycles. The topological polar surface area (TPSA) is 42.2 Å². The van der Waals surface area contributed by atoms with E-state index in [-0.39, 0.29) is 0 Å². The standard InChI is InChI=1S/C13H25N3S2/c1-6-9(2)12-11(7-14)18-13(15-12)16(4)10(3)8-17-5/h9-10H,6-8,14H2,1-5H3. The Morgan fingerprint density at radius 1 is 1.44 bits per heavy atom. The smallest absolute Gasteiger partial charge is 0.185 e. The summed E-state index contributed by atoms with van der Waals surface area (Å²) in [7, 11) is 2.13. The lowest BCUT2D eigenvalue weighted by atomic mass is 10.0. The van der Waals surface area contributed by atoms with Crippen LogP contribution in [0.4, 0.5) is 5.13 Å². The van der Waals surface area contributed by atoms with E-state index < -0.39 is 0 Å². The normalized spacial score (nSPS) is 14.6. The van der Waals surface area contributed by atoms with Crippen molar-refractivity contribution in [3.8, 4) is 0 Å². The average Bonchev–Trinajstić information content (AvgIpc) is 2.81. The lowest BCUT2D eigenvalue weighted by Crippen LogP contribution is -2.30. The highest BCUT2D eigenvalue weighted by atomic mass is 32.2. The predicted octanol–water partition coefficient (Wildman–Crippen LogP) is 3.30. The molecule has 0 aliphatic rings. The van der Waals surface area contributed by atoms with Crippen LogP contribution in [0.15, 0.2) is 0 Å². The first-order valence-electron chi connectivity index (χ1n) is 6.46. The van der Waals surface area contributed by atoms with Crippen molar-refractivity contribution < 1.29 is 0 Å². The zero-order valence-corrected chi connectivity index (χ0v) is 13.7. The van der Waals surface area contributed by atoms with E-state index >= 15 is 0 Å². The number of nitrogens with zero attached hydrogens (tertiary/aromatic N) is 2. The highest BCUT2D eigenvalue weighted by Crippen LogP contribution is 2.32. The van der Waals surface area contributed by atoms with Crippen molar-refractivity contribution in [3.05, 3.63) is 10.6 Å². The van der Waals surface area contributed by atoms with Gasteiger partial charge in [-0.2, -0.15) is 11.8 Å². The van der Waals surface area contributed by atoms with Gasteiger partial charge in [0.15, 0.2) is 5.13 Å². The van der Waals surface area contributed by atoms with Gasteiger partial charge in [0.25, 0.3) is 0 Å². The molecule has 1 heterocycles. The van der Waals surface area contributed by atoms with Crippen LogP contribution in [0.5, 0.6) is 0 Å². The zero-order chi connectivity index (χ0) is 13.7. The molecule has 0 fully saturated rings. The van der Waals surface area contributed by atoms with Gasteiger partial charge in [0.2, 0.25) is 0 Å². The maximum atomic E-state index is 5.84. The van der Waals surface area contributed by atoms with Gasteiger partial charge in [0.1, 0.15) is 0 Å². The van der Waals surface area contributed by atoms with E-state index in [4.69, 9.17) is 10.7 Å². The van der Waals surface area contributed by atoms with Crippen LogP contribution < -0.4 is 10.6 Å². The number of thiazole rings is 1. The summed E-state index contributed by atoms with van der Waals surface area (Å²) in [5.74, 6) is 1.62. The van der Waals surface area contributed by atoms with E-state index in [1.807, 2.05) is 11.8 Å². The van der Waals surface area contributed by atoms with Gasteiger partial charge in [-0.05, 0) is 25.5 Å². The molecule has 104 valence electrons. The Morgan fingerprint density at radius 2 is 2.11 bits per heavy atom. The SMILES string of the molecule is CCC(C)c1nc(N(C)C(C)CSC)sc1CN. The summed E-state index contributed by atoms with van der Waals surface area (Å²) in [4.78, 5) is 8.32. The van der Waals surface area contributed by atoms with Crippen LogP contribution in [0.1, 0.15) is 43.7 Å². The molecule has 0 saturated heterocycles. The fourth-order valence-corrected chi connectivity index (χ4v) is 3.60. The maximum absolute atomic E-state index is 5.84. The number of nitrogens with two attached hydrogens (primary N) is 1. The molecular formula is C13H25N3S2.